The number of allylic oxidation sites excluding steroid dienone is 1. The average molecular weight is 422 g/mol. The third-order valence-corrected chi connectivity index (χ3v) is 10.0. The van der Waals surface area contributed by atoms with Crippen LogP contribution in [0.25, 0.3) is 0 Å². The fraction of sp³-hybridized carbons (Fsp3) is 0.762. The summed E-state index contributed by atoms with van der Waals surface area (Å²) >= 11 is 2.60. The van der Waals surface area contributed by atoms with Crippen molar-refractivity contribution in [1.82, 2.24) is 0 Å². The van der Waals surface area contributed by atoms with E-state index in [1.54, 1.807) is 0 Å². The van der Waals surface area contributed by atoms with Gasteiger partial charge in [-0.25, -0.2) is 0 Å². The van der Waals surface area contributed by atoms with Gasteiger partial charge in [0.2, 0.25) is 0 Å². The van der Waals surface area contributed by atoms with Gasteiger partial charge in [-0.2, -0.15) is 0 Å². The molecule has 23 heavy (non-hydrogen) atoms. The molecule has 7 atom stereocenters. The molecule has 5 unspecified atom stereocenters. The maximum Gasteiger partial charge on any atom is 0.155 e. The molecule has 3 fully saturated rings. The second-order valence-electron chi connectivity index (χ2n) is 8.80. The number of hydrogen-bond acceptors (Lipinski definition) is 1. The number of carbonyl (C=O) groups excluding carboxylic acids is 1. The first-order valence-corrected chi connectivity index (χ1v) is 10.4. The highest BCUT2D eigenvalue weighted by atomic mass is 127. The van der Waals surface area contributed by atoms with E-state index < -0.39 is 0 Å². The second-order valence-corrected chi connectivity index (χ2v) is 10.6. The van der Waals surface area contributed by atoms with Crippen molar-refractivity contribution < 1.29 is 4.79 Å². The smallest absolute Gasteiger partial charge is 0.155 e. The Morgan fingerprint density at radius 1 is 1.30 bits per heavy atom. The quantitative estimate of drug-likeness (QED) is 0.299. The molecule has 0 aliphatic heterocycles. The fourth-order valence-electron chi connectivity index (χ4n) is 6.81. The first-order chi connectivity index (χ1) is 10.9. The zero-order valence-electron chi connectivity index (χ0n) is 14.3. The molecule has 4 rings (SSSR count). The summed E-state index contributed by atoms with van der Waals surface area (Å²) in [5, 5.41) is 0. The molecular formula is C21H27IO. The van der Waals surface area contributed by atoms with E-state index in [1.165, 1.54) is 31.3 Å². The van der Waals surface area contributed by atoms with Crippen LogP contribution < -0.4 is 0 Å². The number of hydrogen-bond donors (Lipinski definition) is 0. The van der Waals surface area contributed by atoms with Gasteiger partial charge in [0.1, 0.15) is 0 Å². The average Bonchev–Trinajstić information content (AvgIpc) is 2.79. The minimum absolute atomic E-state index is 0.0543. The number of carbonyl (C=O) groups is 1. The van der Waals surface area contributed by atoms with Gasteiger partial charge < -0.3 is 0 Å². The van der Waals surface area contributed by atoms with E-state index in [1.807, 2.05) is 6.08 Å². The molecule has 0 aromatic heterocycles. The SMILES string of the molecule is C#C[C@@]1(I)CCC2C3C(C)CC4=CC(=O)CCC4C3CC[C@@]21C. The summed E-state index contributed by atoms with van der Waals surface area (Å²) in [6.45, 7) is 4.91. The largest absolute Gasteiger partial charge is 0.295 e. The van der Waals surface area contributed by atoms with Crippen LogP contribution in [-0.2, 0) is 4.79 Å². The monoisotopic (exact) mass is 422 g/mol. The molecule has 2 heteroatoms. The highest BCUT2D eigenvalue weighted by molar-refractivity contribution is 14.1. The molecular weight excluding hydrogens is 395 g/mol. The summed E-state index contributed by atoms with van der Waals surface area (Å²) in [4.78, 5) is 11.8. The van der Waals surface area contributed by atoms with Gasteiger partial charge in [-0.15, -0.1) is 6.42 Å². The van der Waals surface area contributed by atoms with Crippen LogP contribution in [-0.4, -0.2) is 9.20 Å². The van der Waals surface area contributed by atoms with E-state index in [2.05, 4.69) is 42.4 Å². The zero-order chi connectivity index (χ0) is 16.4. The Labute approximate surface area is 154 Å². The van der Waals surface area contributed by atoms with E-state index >= 15 is 0 Å². The fourth-order valence-corrected chi connectivity index (χ4v) is 7.79. The van der Waals surface area contributed by atoms with Gasteiger partial charge in [-0.05, 0) is 79.6 Å². The highest BCUT2D eigenvalue weighted by Crippen LogP contribution is 2.67. The van der Waals surface area contributed by atoms with E-state index in [0.29, 0.717) is 23.0 Å². The van der Waals surface area contributed by atoms with E-state index in [4.69, 9.17) is 6.42 Å². The van der Waals surface area contributed by atoms with Crippen LogP contribution in [0.4, 0.5) is 0 Å². The van der Waals surface area contributed by atoms with Gasteiger partial charge >= 0.3 is 0 Å². The summed E-state index contributed by atoms with van der Waals surface area (Å²) in [7, 11) is 0. The molecule has 0 N–H and O–H groups in total. The summed E-state index contributed by atoms with van der Waals surface area (Å²) < 4.78 is 0.0543. The first kappa shape index (κ1) is 16.2. The van der Waals surface area contributed by atoms with E-state index in [-0.39, 0.29) is 3.42 Å². The van der Waals surface area contributed by atoms with Crippen LogP contribution in [0.1, 0.15) is 58.8 Å². The molecule has 3 saturated carbocycles. The molecule has 0 spiro atoms. The number of rotatable bonds is 0. The number of fused-ring (bicyclic) bond motifs is 5. The molecule has 0 bridgehead atoms. The van der Waals surface area contributed by atoms with Crippen molar-refractivity contribution >= 4 is 28.4 Å². The Kier molecular flexibility index (Phi) is 3.76. The third kappa shape index (κ3) is 2.14. The number of terminal acetylenes is 1. The van der Waals surface area contributed by atoms with Gasteiger partial charge in [0, 0.05) is 6.42 Å². The zero-order valence-corrected chi connectivity index (χ0v) is 16.4. The minimum Gasteiger partial charge on any atom is -0.295 e. The molecule has 0 aromatic carbocycles. The Morgan fingerprint density at radius 3 is 2.83 bits per heavy atom. The number of alkyl halides is 1. The van der Waals surface area contributed by atoms with Crippen molar-refractivity contribution in [2.24, 2.45) is 35.0 Å². The Morgan fingerprint density at radius 2 is 2.09 bits per heavy atom. The van der Waals surface area contributed by atoms with Gasteiger partial charge in [0.05, 0.1) is 3.42 Å². The Balaban J connectivity index is 1.70. The highest BCUT2D eigenvalue weighted by Gasteiger charge is 2.62. The lowest BCUT2D eigenvalue weighted by Gasteiger charge is -2.57. The van der Waals surface area contributed by atoms with Crippen molar-refractivity contribution in [3.05, 3.63) is 11.6 Å². The van der Waals surface area contributed by atoms with Crippen molar-refractivity contribution in [3.8, 4) is 12.3 Å². The first-order valence-electron chi connectivity index (χ1n) is 9.29. The van der Waals surface area contributed by atoms with Gasteiger partial charge in [-0.3, -0.25) is 4.79 Å². The van der Waals surface area contributed by atoms with Crippen molar-refractivity contribution in [3.63, 3.8) is 0 Å². The topological polar surface area (TPSA) is 17.1 Å². The molecule has 4 aliphatic rings. The molecule has 0 saturated heterocycles. The van der Waals surface area contributed by atoms with Crippen LogP contribution >= 0.6 is 22.6 Å². The van der Waals surface area contributed by atoms with Gasteiger partial charge in [-0.1, -0.05) is 47.9 Å². The summed E-state index contributed by atoms with van der Waals surface area (Å²) in [5.74, 6) is 7.33. The van der Waals surface area contributed by atoms with Crippen LogP contribution in [0.3, 0.4) is 0 Å². The van der Waals surface area contributed by atoms with E-state index in [0.717, 1.165) is 37.0 Å². The summed E-state index contributed by atoms with van der Waals surface area (Å²) in [6.07, 6.45) is 16.1. The lowest BCUT2D eigenvalue weighted by molar-refractivity contribution is -0.116. The minimum atomic E-state index is 0.0543. The third-order valence-electron chi connectivity index (χ3n) is 7.96. The number of halogens is 1. The van der Waals surface area contributed by atoms with E-state index in [9.17, 15) is 4.79 Å². The van der Waals surface area contributed by atoms with Gasteiger partial charge in [0.25, 0.3) is 0 Å². The maximum atomic E-state index is 11.8. The molecule has 4 aliphatic carbocycles. The molecule has 0 radical (unpaired) electrons. The van der Waals surface area contributed by atoms with Crippen molar-refractivity contribution in [1.29, 1.82) is 0 Å². The Bertz CT molecular complexity index is 614. The van der Waals surface area contributed by atoms with Crippen LogP contribution in [0.5, 0.6) is 0 Å². The molecule has 124 valence electrons. The van der Waals surface area contributed by atoms with Crippen molar-refractivity contribution in [2.75, 3.05) is 0 Å². The molecule has 0 aromatic rings. The van der Waals surface area contributed by atoms with Crippen molar-refractivity contribution in [2.45, 2.75) is 62.2 Å². The normalized spacial score (nSPS) is 52.0. The molecule has 0 amide bonds. The summed E-state index contributed by atoms with van der Waals surface area (Å²) in [6, 6.07) is 0. The number of ketones is 1. The van der Waals surface area contributed by atoms with Crippen LogP contribution in [0.2, 0.25) is 0 Å². The lowest BCUT2D eigenvalue weighted by atomic mass is 9.49. The Hall–Kier alpha value is -0.300. The predicted molar refractivity (Wildman–Crippen MR) is 102 cm³/mol. The standard InChI is InChI=1S/C21H27IO/c1-4-21(22)10-8-18-19-13(2)11-14-12-15(23)5-6-16(14)17(19)7-9-20(18,21)3/h1,12-13,16-19H,5-11H2,2-3H3/t13?,16?,17?,18?,19?,20-,21+/m0/s1. The molecule has 0 heterocycles. The lowest BCUT2D eigenvalue weighted by Crippen LogP contribution is -2.52. The predicted octanol–water partition coefficient (Wildman–Crippen LogP) is 5.18. The molecule has 1 nitrogen and oxygen atoms in total. The maximum absolute atomic E-state index is 11.8. The summed E-state index contributed by atoms with van der Waals surface area (Å²) in [5.41, 5.74) is 1.79. The second kappa shape index (κ2) is 5.35. The van der Waals surface area contributed by atoms with Crippen LogP contribution in [0.15, 0.2) is 11.6 Å². The van der Waals surface area contributed by atoms with Gasteiger partial charge in [0.15, 0.2) is 5.78 Å². The van der Waals surface area contributed by atoms with Crippen LogP contribution in [0, 0.1) is 47.3 Å².